The average molecular weight is 814 g/mol. The fraction of sp³-hybridized carbons (Fsp3) is 0.280. The van der Waals surface area contributed by atoms with Crippen molar-refractivity contribution in [1.82, 2.24) is 0 Å². The maximum Gasteiger partial charge on any atom is 0.271 e. The highest BCUT2D eigenvalue weighted by molar-refractivity contribution is 9.11. The number of benzene rings is 3. The van der Waals surface area contributed by atoms with E-state index < -0.39 is 24.5 Å². The van der Waals surface area contributed by atoms with Gasteiger partial charge >= 0.3 is 0 Å². The molecule has 3 aromatic rings. The number of phenols is 1. The summed E-state index contributed by atoms with van der Waals surface area (Å²) in [6.45, 7) is 10.7. The maximum atomic E-state index is 11.0. The van der Waals surface area contributed by atoms with Gasteiger partial charge in [-0.05, 0) is 106 Å². The quantitative estimate of drug-likeness (QED) is 0.109. The molecule has 1 N–H and O–H groups in total. The number of ether oxygens (including phenoxy) is 1. The van der Waals surface area contributed by atoms with Gasteiger partial charge in [-0.3, -0.25) is 20.2 Å². The molecule has 3 rings (SSSR count). The van der Waals surface area contributed by atoms with E-state index in [1.165, 1.54) is 24.3 Å². The minimum atomic E-state index is -2.16. The van der Waals surface area contributed by atoms with Crippen LogP contribution in [0.25, 0.3) is 0 Å². The van der Waals surface area contributed by atoms with Crippen molar-refractivity contribution in [1.29, 1.82) is 0 Å². The predicted octanol–water partition coefficient (Wildman–Crippen LogP) is 10.0. The fourth-order valence-corrected chi connectivity index (χ4v) is 6.14. The third-order valence-electron chi connectivity index (χ3n) is 5.94. The van der Waals surface area contributed by atoms with Crippen molar-refractivity contribution in [3.05, 3.63) is 98.3 Å². The van der Waals surface area contributed by atoms with Crippen molar-refractivity contribution in [2.24, 2.45) is 0 Å². The van der Waals surface area contributed by atoms with Crippen molar-refractivity contribution in [2.45, 2.75) is 45.2 Å². The molecule has 0 fully saturated rings. The number of para-hydroxylation sites is 1. The minimum Gasteiger partial charge on any atom is -0.506 e. The zero-order valence-corrected chi connectivity index (χ0v) is 28.9. The average Bonchev–Trinajstić information content (AvgIpc) is 2.83. The molecular weight excluding hydrogens is 788 g/mol. The molecular formula is C25H26Br4N2O7Si. The number of nitro groups is 2. The smallest absolute Gasteiger partial charge is 0.271 e. The monoisotopic (exact) mass is 810 g/mol. The molecule has 210 valence electrons. The summed E-state index contributed by atoms with van der Waals surface area (Å²) in [5.74, 6) is 0.583. The van der Waals surface area contributed by atoms with Gasteiger partial charge in [-0.15, -0.1) is 0 Å². The van der Waals surface area contributed by atoms with Crippen LogP contribution in [0.3, 0.4) is 0 Å². The predicted molar refractivity (Wildman–Crippen MR) is 167 cm³/mol. The Morgan fingerprint density at radius 1 is 0.821 bits per heavy atom. The summed E-state index contributed by atoms with van der Waals surface area (Å²) in [7, 11) is -2.16. The molecule has 0 aliphatic rings. The van der Waals surface area contributed by atoms with Crippen LogP contribution < -0.4 is 4.74 Å². The molecule has 0 aliphatic heterocycles. The van der Waals surface area contributed by atoms with E-state index in [-0.39, 0.29) is 22.2 Å². The van der Waals surface area contributed by atoms with E-state index in [0.717, 1.165) is 14.5 Å². The molecule has 39 heavy (non-hydrogen) atoms. The van der Waals surface area contributed by atoms with E-state index in [0.29, 0.717) is 14.7 Å². The van der Waals surface area contributed by atoms with Gasteiger partial charge in [0.25, 0.3) is 11.4 Å². The Kier molecular flexibility index (Phi) is 11.7. The zero-order chi connectivity index (χ0) is 29.7. The van der Waals surface area contributed by atoms with Gasteiger partial charge in [-0.1, -0.05) is 26.8 Å². The number of rotatable bonds is 7. The standard InChI is InChI=1S/C19H23Br2NO4Si.C6H3Br2NO3/c1-19(2,3)27(4,5)26-18(13-9-11-14(12-10-13)22(23)24)25-17-15(20)7-6-8-16(17)21;7-4-1-3(9(11)12)2-5(8)6(4)10/h6-12,18H,1-5H3;1-2,10H. The molecule has 3 aromatic carbocycles. The van der Waals surface area contributed by atoms with Gasteiger partial charge in [0.2, 0.25) is 6.29 Å². The minimum absolute atomic E-state index is 0.0134. The van der Waals surface area contributed by atoms with Gasteiger partial charge < -0.3 is 14.3 Å². The van der Waals surface area contributed by atoms with Crippen LogP contribution in [0.4, 0.5) is 11.4 Å². The third-order valence-corrected chi connectivity index (χ3v) is 12.8. The molecule has 0 amide bonds. The zero-order valence-electron chi connectivity index (χ0n) is 21.6. The van der Waals surface area contributed by atoms with Gasteiger partial charge in [-0.2, -0.15) is 0 Å². The first-order valence-corrected chi connectivity index (χ1v) is 17.4. The molecule has 0 bridgehead atoms. The van der Waals surface area contributed by atoms with E-state index in [9.17, 15) is 25.3 Å². The van der Waals surface area contributed by atoms with Crippen LogP contribution in [0.1, 0.15) is 32.6 Å². The Hall–Kier alpha value is -1.84. The molecule has 0 saturated heterocycles. The summed E-state index contributed by atoms with van der Waals surface area (Å²) in [5, 5.41) is 30.4. The molecule has 0 aromatic heterocycles. The van der Waals surface area contributed by atoms with Crippen LogP contribution in [0.15, 0.2) is 72.5 Å². The lowest BCUT2D eigenvalue weighted by Gasteiger charge is -2.39. The SMILES string of the molecule is CC(C)(C)[Si](C)(C)OC(Oc1c(Br)cccc1Br)c1ccc([N+](=O)[O-])cc1.O=[N+]([O-])c1cc(Br)c(O)c(Br)c1. The number of nitrogens with zero attached hydrogens (tertiary/aromatic N) is 2. The van der Waals surface area contributed by atoms with Gasteiger partial charge in [0.1, 0.15) is 5.75 Å². The third kappa shape index (κ3) is 9.08. The van der Waals surface area contributed by atoms with Crippen LogP contribution in [0.2, 0.25) is 18.1 Å². The number of halogens is 4. The van der Waals surface area contributed by atoms with E-state index in [1.807, 2.05) is 18.2 Å². The Morgan fingerprint density at radius 3 is 1.69 bits per heavy atom. The summed E-state index contributed by atoms with van der Waals surface area (Å²) in [6, 6.07) is 14.4. The Bertz CT molecular complexity index is 1310. The lowest BCUT2D eigenvalue weighted by Crippen LogP contribution is -2.42. The fourth-order valence-electron chi connectivity index (χ4n) is 2.72. The molecule has 14 heteroatoms. The molecule has 0 heterocycles. The number of aromatic hydroxyl groups is 1. The lowest BCUT2D eigenvalue weighted by atomic mass is 10.2. The lowest BCUT2D eigenvalue weighted by molar-refractivity contribution is -0.385. The number of phenolic OH excluding ortho intramolecular Hbond substituents is 1. The van der Waals surface area contributed by atoms with Crippen molar-refractivity contribution in [3.8, 4) is 11.5 Å². The second-order valence-corrected chi connectivity index (χ2v) is 17.9. The molecule has 9 nitrogen and oxygen atoms in total. The molecule has 0 aliphatic carbocycles. The number of hydrogen-bond acceptors (Lipinski definition) is 7. The topological polar surface area (TPSA) is 125 Å². The molecule has 1 atom stereocenters. The second-order valence-electron chi connectivity index (χ2n) is 9.74. The van der Waals surface area contributed by atoms with Crippen LogP contribution in [-0.4, -0.2) is 23.3 Å². The van der Waals surface area contributed by atoms with Gasteiger partial charge in [0.15, 0.2) is 14.1 Å². The largest absolute Gasteiger partial charge is 0.506 e. The number of nitro benzene ring substituents is 2. The Labute approximate surface area is 260 Å². The van der Waals surface area contributed by atoms with Gasteiger partial charge in [0.05, 0.1) is 27.7 Å². The van der Waals surface area contributed by atoms with Crippen LogP contribution >= 0.6 is 63.7 Å². The summed E-state index contributed by atoms with van der Waals surface area (Å²) in [4.78, 5) is 20.3. The van der Waals surface area contributed by atoms with E-state index >= 15 is 0 Å². The number of hydrogen-bond donors (Lipinski definition) is 1. The van der Waals surface area contributed by atoms with Crippen LogP contribution in [0, 0.1) is 20.2 Å². The highest BCUT2D eigenvalue weighted by atomic mass is 79.9. The summed E-state index contributed by atoms with van der Waals surface area (Å²) >= 11 is 13.0. The molecule has 0 radical (unpaired) electrons. The normalized spacial score (nSPS) is 12.2. The molecule has 0 spiro atoms. The maximum absolute atomic E-state index is 11.0. The van der Waals surface area contributed by atoms with Gasteiger partial charge in [-0.25, -0.2) is 0 Å². The highest BCUT2D eigenvalue weighted by Crippen LogP contribution is 2.42. The first-order chi connectivity index (χ1) is 17.9. The summed E-state index contributed by atoms with van der Waals surface area (Å²) in [6.07, 6.45) is -0.679. The van der Waals surface area contributed by atoms with Crippen LogP contribution in [0.5, 0.6) is 11.5 Å². The first-order valence-electron chi connectivity index (χ1n) is 11.3. The summed E-state index contributed by atoms with van der Waals surface area (Å²) < 4.78 is 14.9. The molecule has 0 saturated carbocycles. The first kappa shape index (κ1) is 33.4. The van der Waals surface area contributed by atoms with E-state index in [1.54, 1.807) is 12.1 Å². The van der Waals surface area contributed by atoms with Gasteiger partial charge in [0, 0.05) is 29.8 Å². The van der Waals surface area contributed by atoms with E-state index in [4.69, 9.17) is 9.16 Å². The van der Waals surface area contributed by atoms with Crippen LogP contribution in [-0.2, 0) is 4.43 Å². The van der Waals surface area contributed by atoms with Crippen molar-refractivity contribution >= 4 is 83.4 Å². The van der Waals surface area contributed by atoms with Crippen molar-refractivity contribution in [2.75, 3.05) is 0 Å². The molecule has 1 unspecified atom stereocenters. The Morgan fingerprint density at radius 2 is 1.28 bits per heavy atom. The highest BCUT2D eigenvalue weighted by Gasteiger charge is 2.40. The van der Waals surface area contributed by atoms with E-state index in [2.05, 4.69) is 97.6 Å². The second kappa shape index (κ2) is 13.7. The Balaban J connectivity index is 0.000000370. The number of non-ortho nitro benzene ring substituents is 2. The van der Waals surface area contributed by atoms with Crippen molar-refractivity contribution < 1.29 is 24.1 Å². The van der Waals surface area contributed by atoms with Crippen molar-refractivity contribution in [3.63, 3.8) is 0 Å². The summed E-state index contributed by atoms with van der Waals surface area (Å²) in [5.41, 5.74) is 0.687.